The van der Waals surface area contributed by atoms with Gasteiger partial charge in [-0.05, 0) is 43.0 Å². The second-order valence-corrected chi connectivity index (χ2v) is 5.35. The third-order valence-corrected chi connectivity index (χ3v) is 4.10. The largest absolute Gasteiger partial charge is 0.393 e. The van der Waals surface area contributed by atoms with Gasteiger partial charge in [0.25, 0.3) is 0 Å². The van der Waals surface area contributed by atoms with Gasteiger partial charge in [-0.25, -0.2) is 0 Å². The highest BCUT2D eigenvalue weighted by atomic mass is 35.5. The number of aliphatic hydroxyl groups is 1. The van der Waals surface area contributed by atoms with Gasteiger partial charge in [0.2, 0.25) is 0 Å². The van der Waals surface area contributed by atoms with Gasteiger partial charge >= 0.3 is 0 Å². The van der Waals surface area contributed by atoms with Gasteiger partial charge in [0, 0.05) is 10.9 Å². The smallest absolute Gasteiger partial charge is 0.0574 e. The van der Waals surface area contributed by atoms with Crippen LogP contribution >= 0.6 is 11.6 Å². The topological polar surface area (TPSA) is 46.2 Å². The summed E-state index contributed by atoms with van der Waals surface area (Å²) in [5, 5.41) is 10.8. The van der Waals surface area contributed by atoms with E-state index in [9.17, 15) is 5.11 Å². The average Bonchev–Trinajstić information content (AvgIpc) is 2.35. The summed E-state index contributed by atoms with van der Waals surface area (Å²) >= 11 is 5.89. The highest BCUT2D eigenvalue weighted by molar-refractivity contribution is 6.30. The predicted molar refractivity (Wildman–Crippen MR) is 71.2 cm³/mol. The molecule has 3 heteroatoms. The van der Waals surface area contributed by atoms with Crippen LogP contribution in [-0.2, 0) is 0 Å². The van der Waals surface area contributed by atoms with E-state index in [0.29, 0.717) is 12.5 Å². The van der Waals surface area contributed by atoms with Crippen molar-refractivity contribution in [2.24, 2.45) is 11.7 Å². The van der Waals surface area contributed by atoms with Gasteiger partial charge in [0.15, 0.2) is 0 Å². The third kappa shape index (κ3) is 3.01. The molecule has 2 nitrogen and oxygen atoms in total. The van der Waals surface area contributed by atoms with Crippen molar-refractivity contribution in [1.29, 1.82) is 0 Å². The lowest BCUT2D eigenvalue weighted by molar-refractivity contribution is 0.0561. The molecule has 1 aromatic rings. The van der Waals surface area contributed by atoms with Crippen LogP contribution in [-0.4, -0.2) is 17.8 Å². The lowest BCUT2D eigenvalue weighted by Crippen LogP contribution is -2.33. The maximum atomic E-state index is 10.1. The molecule has 94 valence electrons. The van der Waals surface area contributed by atoms with E-state index in [2.05, 4.69) is 0 Å². The highest BCUT2D eigenvalue weighted by Crippen LogP contribution is 2.36. The molecule has 0 saturated heterocycles. The quantitative estimate of drug-likeness (QED) is 0.870. The fourth-order valence-corrected chi connectivity index (χ4v) is 3.00. The monoisotopic (exact) mass is 253 g/mol. The van der Waals surface area contributed by atoms with Crippen molar-refractivity contribution in [1.82, 2.24) is 0 Å². The molecule has 2 rings (SSSR count). The average molecular weight is 254 g/mol. The Morgan fingerprint density at radius 1 is 1.24 bits per heavy atom. The summed E-state index contributed by atoms with van der Waals surface area (Å²) in [4.78, 5) is 0. The molecule has 0 bridgehead atoms. The summed E-state index contributed by atoms with van der Waals surface area (Å²) < 4.78 is 0. The molecule has 1 fully saturated rings. The standard InChI is InChI=1S/C14H20ClNO/c15-11-7-5-10(6-8-11)13(9-16)12-3-1-2-4-14(12)17/h5-8,12-14,17H,1-4,9,16H2/t12-,13?,14+/m1/s1. The minimum atomic E-state index is -0.201. The van der Waals surface area contributed by atoms with Crippen LogP contribution in [0.3, 0.4) is 0 Å². The lowest BCUT2D eigenvalue weighted by Gasteiger charge is -2.34. The lowest BCUT2D eigenvalue weighted by atomic mass is 9.75. The second-order valence-electron chi connectivity index (χ2n) is 4.91. The fraction of sp³-hybridized carbons (Fsp3) is 0.571. The first-order valence-electron chi connectivity index (χ1n) is 6.36. The number of aliphatic hydroxyl groups excluding tert-OH is 1. The summed E-state index contributed by atoms with van der Waals surface area (Å²) in [6, 6.07) is 7.85. The van der Waals surface area contributed by atoms with E-state index in [-0.39, 0.29) is 12.0 Å². The molecule has 1 aliphatic rings. The van der Waals surface area contributed by atoms with Crippen LogP contribution in [0.4, 0.5) is 0 Å². The molecule has 0 aliphatic heterocycles. The summed E-state index contributed by atoms with van der Waals surface area (Å²) in [6.45, 7) is 0.587. The van der Waals surface area contributed by atoms with Crippen molar-refractivity contribution < 1.29 is 5.11 Å². The number of rotatable bonds is 3. The Hall–Kier alpha value is -0.570. The van der Waals surface area contributed by atoms with Crippen LogP contribution < -0.4 is 5.73 Å². The van der Waals surface area contributed by atoms with E-state index in [1.807, 2.05) is 24.3 Å². The number of hydrogen-bond acceptors (Lipinski definition) is 2. The fourth-order valence-electron chi connectivity index (χ4n) is 2.88. The van der Waals surface area contributed by atoms with E-state index in [1.165, 1.54) is 12.0 Å². The van der Waals surface area contributed by atoms with Crippen LogP contribution in [0.2, 0.25) is 5.02 Å². The molecular formula is C14H20ClNO. The van der Waals surface area contributed by atoms with Crippen molar-refractivity contribution in [2.75, 3.05) is 6.54 Å². The van der Waals surface area contributed by atoms with Crippen LogP contribution in [0.25, 0.3) is 0 Å². The van der Waals surface area contributed by atoms with Gasteiger partial charge in [-0.3, -0.25) is 0 Å². The van der Waals surface area contributed by atoms with Crippen LogP contribution in [0.5, 0.6) is 0 Å². The zero-order chi connectivity index (χ0) is 12.3. The van der Waals surface area contributed by atoms with Gasteiger partial charge in [-0.2, -0.15) is 0 Å². The first-order chi connectivity index (χ1) is 8.22. The van der Waals surface area contributed by atoms with Crippen molar-refractivity contribution in [3.05, 3.63) is 34.9 Å². The summed E-state index contributed by atoms with van der Waals surface area (Å²) in [5.74, 6) is 0.553. The molecular weight excluding hydrogens is 234 g/mol. The van der Waals surface area contributed by atoms with Crippen molar-refractivity contribution in [3.63, 3.8) is 0 Å². The zero-order valence-corrected chi connectivity index (χ0v) is 10.7. The molecule has 1 aliphatic carbocycles. The normalized spacial score (nSPS) is 26.8. The Balaban J connectivity index is 2.17. The predicted octanol–water partition coefficient (Wildman–Crippen LogP) is 2.93. The molecule has 17 heavy (non-hydrogen) atoms. The van der Waals surface area contributed by atoms with Crippen LogP contribution in [0, 0.1) is 5.92 Å². The third-order valence-electron chi connectivity index (χ3n) is 3.85. The van der Waals surface area contributed by atoms with E-state index in [1.54, 1.807) is 0 Å². The number of hydrogen-bond donors (Lipinski definition) is 2. The van der Waals surface area contributed by atoms with Gasteiger partial charge in [-0.1, -0.05) is 36.6 Å². The summed E-state index contributed by atoms with van der Waals surface area (Å²) in [6.07, 6.45) is 4.12. The van der Waals surface area contributed by atoms with Gasteiger partial charge in [-0.15, -0.1) is 0 Å². The first kappa shape index (κ1) is 12.9. The minimum Gasteiger partial charge on any atom is -0.393 e. The minimum absolute atomic E-state index is 0.201. The first-order valence-corrected chi connectivity index (χ1v) is 6.73. The highest BCUT2D eigenvalue weighted by Gasteiger charge is 2.30. The molecule has 1 aromatic carbocycles. The molecule has 0 heterocycles. The molecule has 0 amide bonds. The maximum Gasteiger partial charge on any atom is 0.0574 e. The summed E-state index contributed by atoms with van der Waals surface area (Å²) in [5.41, 5.74) is 7.09. The van der Waals surface area contributed by atoms with Gasteiger partial charge in [0.1, 0.15) is 0 Å². The van der Waals surface area contributed by atoms with E-state index < -0.39 is 0 Å². The number of nitrogens with two attached hydrogens (primary N) is 1. The molecule has 1 saturated carbocycles. The van der Waals surface area contributed by atoms with Crippen molar-refractivity contribution in [2.45, 2.75) is 37.7 Å². The maximum absolute atomic E-state index is 10.1. The van der Waals surface area contributed by atoms with Crippen LogP contribution in [0.15, 0.2) is 24.3 Å². The number of benzene rings is 1. The molecule has 0 aromatic heterocycles. The molecule has 3 atom stereocenters. The summed E-state index contributed by atoms with van der Waals surface area (Å²) in [7, 11) is 0. The van der Waals surface area contributed by atoms with Gasteiger partial charge < -0.3 is 10.8 Å². The van der Waals surface area contributed by atoms with E-state index in [4.69, 9.17) is 17.3 Å². The molecule has 1 unspecified atom stereocenters. The number of halogens is 1. The Labute approximate surface area is 108 Å². The van der Waals surface area contributed by atoms with Crippen molar-refractivity contribution in [3.8, 4) is 0 Å². The Bertz CT molecular complexity index is 352. The SMILES string of the molecule is NCC(c1ccc(Cl)cc1)[C@H]1CCCC[C@@H]1O. The Morgan fingerprint density at radius 2 is 1.88 bits per heavy atom. The van der Waals surface area contributed by atoms with E-state index >= 15 is 0 Å². The second kappa shape index (κ2) is 5.85. The molecule has 0 spiro atoms. The van der Waals surface area contributed by atoms with Crippen molar-refractivity contribution >= 4 is 11.6 Å². The van der Waals surface area contributed by atoms with Gasteiger partial charge in [0.05, 0.1) is 6.10 Å². The van der Waals surface area contributed by atoms with Crippen LogP contribution in [0.1, 0.15) is 37.2 Å². The zero-order valence-electron chi connectivity index (χ0n) is 9.98. The Morgan fingerprint density at radius 3 is 2.47 bits per heavy atom. The molecule has 0 radical (unpaired) electrons. The van der Waals surface area contributed by atoms with E-state index in [0.717, 1.165) is 24.3 Å². The Kier molecular flexibility index (Phi) is 4.43. The molecule has 3 N–H and O–H groups in total.